The van der Waals surface area contributed by atoms with E-state index in [4.69, 9.17) is 15.2 Å². The van der Waals surface area contributed by atoms with E-state index in [0.717, 1.165) is 31.3 Å². The van der Waals surface area contributed by atoms with Crippen molar-refractivity contribution in [1.29, 1.82) is 0 Å². The smallest absolute Gasteiger partial charge is 0.434 e. The summed E-state index contributed by atoms with van der Waals surface area (Å²) in [7, 11) is 0. The molecule has 4 aliphatic carbocycles. The van der Waals surface area contributed by atoms with Gasteiger partial charge in [-0.3, -0.25) is 14.4 Å². The molecule has 0 radical (unpaired) electrons. The lowest BCUT2D eigenvalue weighted by molar-refractivity contribution is -0.169. The Balaban J connectivity index is 1.44. The maximum atomic E-state index is 13.6. The van der Waals surface area contributed by atoms with E-state index in [9.17, 15) is 24.3 Å². The van der Waals surface area contributed by atoms with Crippen molar-refractivity contribution in [3.05, 3.63) is 23.8 Å². The van der Waals surface area contributed by atoms with Crippen LogP contribution in [-0.2, 0) is 23.9 Å². The Morgan fingerprint density at radius 3 is 2.66 bits per heavy atom. The Hall–Kier alpha value is -2.32. The monoisotopic (exact) mass is 487 g/mol. The highest BCUT2D eigenvalue weighted by molar-refractivity contribution is 6.02. The fraction of sp³-hybridized carbons (Fsp3) is 0.704. The van der Waals surface area contributed by atoms with E-state index >= 15 is 0 Å². The Labute approximate surface area is 206 Å². The molecule has 0 bridgehead atoms. The summed E-state index contributed by atoms with van der Waals surface area (Å²) in [6.45, 7) is 4.04. The average Bonchev–Trinajstić information content (AvgIpc) is 3.08. The molecule has 6 atom stereocenters. The van der Waals surface area contributed by atoms with E-state index in [0.29, 0.717) is 19.4 Å². The number of unbranched alkanes of at least 4 members (excludes halogenated alkanes) is 2. The van der Waals surface area contributed by atoms with Crippen LogP contribution >= 0.6 is 0 Å². The Morgan fingerprint density at radius 2 is 1.91 bits per heavy atom. The van der Waals surface area contributed by atoms with E-state index < -0.39 is 35.0 Å². The lowest BCUT2D eigenvalue weighted by Gasteiger charge is -2.56. The molecule has 0 amide bonds. The number of carbonyl (C=O) groups is 4. The number of carbonyl (C=O) groups excluding carboxylic acids is 4. The van der Waals surface area contributed by atoms with Gasteiger partial charge < -0.3 is 20.3 Å². The Bertz CT molecular complexity index is 971. The molecular weight excluding hydrogens is 450 g/mol. The molecule has 3 saturated carbocycles. The predicted molar refractivity (Wildman–Crippen MR) is 127 cm³/mol. The van der Waals surface area contributed by atoms with Gasteiger partial charge in [0.05, 0.1) is 6.61 Å². The number of Topliss-reactive ketones (excluding diaryl/α,β-unsaturated/α-hetero) is 2. The molecule has 0 aliphatic heterocycles. The number of fused-ring (bicyclic) bond motifs is 5. The van der Waals surface area contributed by atoms with Crippen molar-refractivity contribution >= 4 is 23.5 Å². The summed E-state index contributed by atoms with van der Waals surface area (Å²) in [4.78, 5) is 50.6. The molecule has 8 nitrogen and oxygen atoms in total. The van der Waals surface area contributed by atoms with Gasteiger partial charge in [-0.05, 0) is 75.5 Å². The summed E-state index contributed by atoms with van der Waals surface area (Å²) in [5.74, 6) is -0.876. The highest BCUT2D eigenvalue weighted by Crippen LogP contribution is 2.66. The van der Waals surface area contributed by atoms with Gasteiger partial charge in [-0.1, -0.05) is 25.5 Å². The number of ketones is 3. The zero-order chi connectivity index (χ0) is 25.4. The topological polar surface area (TPSA) is 133 Å². The molecule has 3 N–H and O–H groups in total. The summed E-state index contributed by atoms with van der Waals surface area (Å²) in [5, 5.41) is 11.6. The van der Waals surface area contributed by atoms with Crippen molar-refractivity contribution in [3.8, 4) is 0 Å². The van der Waals surface area contributed by atoms with E-state index in [1.165, 1.54) is 0 Å². The standard InChI is InChI=1S/C27H37NO7/c1-25-10-8-18(29)14-17(25)6-7-19-20-9-11-27(33,26(20,2)15-21(30)23(19)25)22(31)16-35-24(32)34-13-5-3-4-12-28/h8,10,14,19-20,23,33H,3-7,9,11-13,15-16,28H2,1-2H3/t19-,20-,23+,25-,26-,27-/m0/s1. The number of nitrogens with two attached hydrogens (primary N) is 1. The third-order valence-corrected chi connectivity index (χ3v) is 9.26. The zero-order valence-corrected chi connectivity index (χ0v) is 20.7. The molecule has 0 spiro atoms. The summed E-state index contributed by atoms with van der Waals surface area (Å²) in [5.41, 5.74) is 3.27. The SMILES string of the molecule is C[C@]12C=CC(=O)C=C1CC[C@@H]1[C@@H]2C(=O)C[C@@]2(C)[C@H]1CC[C@]2(O)C(=O)COC(=O)OCCCCCN. The average molecular weight is 488 g/mol. The molecule has 4 aliphatic rings. The molecule has 8 heteroatoms. The minimum Gasteiger partial charge on any atom is -0.434 e. The van der Waals surface area contributed by atoms with Crippen LogP contribution in [0.1, 0.15) is 65.2 Å². The third kappa shape index (κ3) is 4.29. The van der Waals surface area contributed by atoms with Crippen LogP contribution in [0.5, 0.6) is 0 Å². The Morgan fingerprint density at radius 1 is 1.14 bits per heavy atom. The summed E-state index contributed by atoms with van der Waals surface area (Å²) < 4.78 is 10.0. The van der Waals surface area contributed by atoms with Crippen LogP contribution in [0.25, 0.3) is 0 Å². The highest BCUT2D eigenvalue weighted by Gasteiger charge is 2.68. The van der Waals surface area contributed by atoms with Gasteiger partial charge in [-0.25, -0.2) is 4.79 Å². The molecule has 192 valence electrons. The highest BCUT2D eigenvalue weighted by atomic mass is 16.7. The number of rotatable bonds is 8. The molecule has 0 unspecified atom stereocenters. The van der Waals surface area contributed by atoms with Crippen molar-refractivity contribution < 1.29 is 33.8 Å². The van der Waals surface area contributed by atoms with Crippen LogP contribution in [0, 0.1) is 28.6 Å². The second-order valence-electron chi connectivity index (χ2n) is 11.1. The van der Waals surface area contributed by atoms with E-state index in [2.05, 4.69) is 0 Å². The first-order valence-corrected chi connectivity index (χ1v) is 12.8. The summed E-state index contributed by atoms with van der Waals surface area (Å²) >= 11 is 0. The fourth-order valence-electron chi connectivity index (χ4n) is 7.36. The van der Waals surface area contributed by atoms with E-state index in [1.54, 1.807) is 12.2 Å². The molecule has 3 fully saturated rings. The second-order valence-corrected chi connectivity index (χ2v) is 11.1. The number of hydrogen-bond acceptors (Lipinski definition) is 8. The normalized spacial score (nSPS) is 37.7. The first kappa shape index (κ1) is 25.8. The van der Waals surface area contributed by atoms with Gasteiger partial charge in [0.2, 0.25) is 5.78 Å². The van der Waals surface area contributed by atoms with Crippen LogP contribution < -0.4 is 5.73 Å². The molecular formula is C27H37NO7. The lowest BCUT2D eigenvalue weighted by Crippen LogP contribution is -2.60. The number of hydrogen-bond donors (Lipinski definition) is 2. The van der Waals surface area contributed by atoms with Gasteiger partial charge >= 0.3 is 6.16 Å². The molecule has 4 rings (SSSR count). The van der Waals surface area contributed by atoms with Gasteiger partial charge in [0, 0.05) is 23.2 Å². The number of aliphatic hydroxyl groups is 1. The second kappa shape index (κ2) is 9.62. The third-order valence-electron chi connectivity index (χ3n) is 9.26. The maximum absolute atomic E-state index is 13.6. The number of allylic oxidation sites excluding steroid dienone is 4. The van der Waals surface area contributed by atoms with Gasteiger partial charge in [-0.2, -0.15) is 0 Å². The van der Waals surface area contributed by atoms with Gasteiger partial charge in [0.15, 0.2) is 12.4 Å². The first-order valence-electron chi connectivity index (χ1n) is 12.8. The molecule has 0 saturated heterocycles. The van der Waals surface area contributed by atoms with Crippen LogP contribution in [0.15, 0.2) is 23.8 Å². The van der Waals surface area contributed by atoms with Gasteiger partial charge in [0.25, 0.3) is 0 Å². The molecule has 0 heterocycles. The quantitative estimate of drug-likeness (QED) is 0.394. The van der Waals surface area contributed by atoms with Crippen LogP contribution in [-0.4, -0.2) is 54.0 Å². The molecule has 35 heavy (non-hydrogen) atoms. The van der Waals surface area contributed by atoms with Gasteiger partial charge in [-0.15, -0.1) is 0 Å². The predicted octanol–water partition coefficient (Wildman–Crippen LogP) is 3.06. The molecule has 0 aromatic rings. The van der Waals surface area contributed by atoms with Crippen LogP contribution in [0.2, 0.25) is 0 Å². The van der Waals surface area contributed by atoms with Crippen molar-refractivity contribution in [2.75, 3.05) is 19.8 Å². The van der Waals surface area contributed by atoms with Crippen molar-refractivity contribution in [3.63, 3.8) is 0 Å². The zero-order valence-electron chi connectivity index (χ0n) is 20.7. The van der Waals surface area contributed by atoms with Crippen molar-refractivity contribution in [2.45, 2.75) is 70.8 Å². The largest absolute Gasteiger partial charge is 0.508 e. The lowest BCUT2D eigenvalue weighted by atomic mass is 9.46. The van der Waals surface area contributed by atoms with Crippen LogP contribution in [0.4, 0.5) is 4.79 Å². The van der Waals surface area contributed by atoms with Crippen LogP contribution in [0.3, 0.4) is 0 Å². The van der Waals surface area contributed by atoms with Crippen molar-refractivity contribution in [2.24, 2.45) is 34.3 Å². The Kier molecular flexibility index (Phi) is 7.08. The summed E-state index contributed by atoms with van der Waals surface area (Å²) in [6.07, 6.45) is 8.90. The minimum atomic E-state index is -1.74. The van der Waals surface area contributed by atoms with E-state index in [1.807, 2.05) is 19.9 Å². The first-order chi connectivity index (χ1) is 16.6. The molecule has 0 aromatic carbocycles. The maximum Gasteiger partial charge on any atom is 0.508 e. The van der Waals surface area contributed by atoms with E-state index in [-0.39, 0.29) is 48.8 Å². The van der Waals surface area contributed by atoms with Gasteiger partial charge in [0.1, 0.15) is 11.4 Å². The number of ether oxygens (including phenoxy) is 2. The van der Waals surface area contributed by atoms with Crippen molar-refractivity contribution in [1.82, 2.24) is 0 Å². The fourth-order valence-corrected chi connectivity index (χ4v) is 7.36. The summed E-state index contributed by atoms with van der Waals surface area (Å²) in [6, 6.07) is 0. The minimum absolute atomic E-state index is 0.0157. The molecule has 0 aromatic heterocycles.